The van der Waals surface area contributed by atoms with E-state index < -0.39 is 48.0 Å². The molecule has 1 heterocycles. The van der Waals surface area contributed by atoms with Crippen LogP contribution in [0.3, 0.4) is 0 Å². The van der Waals surface area contributed by atoms with E-state index in [0.29, 0.717) is 0 Å². The second-order valence-electron chi connectivity index (χ2n) is 6.22. The highest BCUT2D eigenvalue weighted by atomic mass is 15.2. The lowest BCUT2D eigenvalue weighted by atomic mass is 9.73. The highest BCUT2D eigenvalue weighted by Gasteiger charge is 2.50. The second kappa shape index (κ2) is 3.23. The Morgan fingerprint density at radius 1 is 1.13 bits per heavy atom. The third-order valence-electron chi connectivity index (χ3n) is 2.60. The summed E-state index contributed by atoms with van der Waals surface area (Å²) in [6.07, 6.45) is -5.67. The quantitative estimate of drug-likeness (QED) is 0.601. The summed E-state index contributed by atoms with van der Waals surface area (Å²) < 4.78 is 77.6. The molecule has 0 N–H and O–H groups in total. The molecule has 15 heavy (non-hydrogen) atoms. The Kier molecular flexibility index (Phi) is 1.01. The van der Waals surface area contributed by atoms with Crippen LogP contribution < -0.4 is 0 Å². The lowest BCUT2D eigenvalue weighted by Crippen LogP contribution is -2.48. The Morgan fingerprint density at radius 3 is 2.20 bits per heavy atom. The summed E-state index contributed by atoms with van der Waals surface area (Å²) in [7, 11) is 0. The molecule has 2 rings (SSSR count). The van der Waals surface area contributed by atoms with Crippen molar-refractivity contribution in [2.24, 2.45) is 17.2 Å². The van der Waals surface area contributed by atoms with E-state index >= 15 is 0 Å². The van der Waals surface area contributed by atoms with Crippen LogP contribution in [0.5, 0.6) is 0 Å². The van der Waals surface area contributed by atoms with E-state index in [2.05, 4.69) is 0 Å². The minimum absolute atomic E-state index is 0.832. The summed E-state index contributed by atoms with van der Waals surface area (Å²) in [5.41, 5.74) is -2.36. The van der Waals surface area contributed by atoms with E-state index in [1.807, 2.05) is 0 Å². The van der Waals surface area contributed by atoms with Crippen molar-refractivity contribution in [3.05, 3.63) is 0 Å². The standard InChI is InChI=1S/C14H27N/c1-13(2,3)12-8-11-7-10(12)9-15(11)14(4,5)6/h10-12H,7-9H2,1-6H3/t10-,11-,12?/m0/s1/i7D2,8D2,9D2,10D,11D,12D. The highest BCUT2D eigenvalue weighted by molar-refractivity contribution is 5.03. The van der Waals surface area contributed by atoms with Crippen molar-refractivity contribution < 1.29 is 12.3 Å². The Labute approximate surface area is 108 Å². The molecule has 2 bridgehead atoms. The minimum Gasteiger partial charge on any atom is -0.295 e. The van der Waals surface area contributed by atoms with E-state index in [9.17, 15) is 0 Å². The van der Waals surface area contributed by atoms with Crippen molar-refractivity contribution in [2.45, 2.75) is 65.8 Å². The van der Waals surface area contributed by atoms with Crippen LogP contribution in [0.2, 0.25) is 0 Å². The number of hydrogen-bond donors (Lipinski definition) is 0. The zero-order chi connectivity index (χ0) is 19.6. The van der Waals surface area contributed by atoms with Gasteiger partial charge >= 0.3 is 0 Å². The van der Waals surface area contributed by atoms with Gasteiger partial charge in [-0.25, -0.2) is 0 Å². The van der Waals surface area contributed by atoms with E-state index in [-0.39, 0.29) is 0 Å². The summed E-state index contributed by atoms with van der Waals surface area (Å²) in [5.74, 6) is -5.26. The topological polar surface area (TPSA) is 3.24 Å². The van der Waals surface area contributed by atoms with Crippen LogP contribution in [0.25, 0.3) is 0 Å². The summed E-state index contributed by atoms with van der Waals surface area (Å²) in [5, 5.41) is 0. The van der Waals surface area contributed by atoms with Crippen LogP contribution >= 0.6 is 0 Å². The molecule has 0 amide bonds. The van der Waals surface area contributed by atoms with Crippen LogP contribution in [-0.4, -0.2) is 23.0 Å². The molecule has 0 aromatic rings. The maximum atomic E-state index is 8.86. The maximum Gasteiger partial charge on any atom is 0.0468 e. The number of fused-ring (bicyclic) bond motifs is 2. The highest BCUT2D eigenvalue weighted by Crippen LogP contribution is 2.51. The molecule has 1 nitrogen and oxygen atoms in total. The van der Waals surface area contributed by atoms with Gasteiger partial charge in [0.05, 0.1) is 0 Å². The summed E-state index contributed by atoms with van der Waals surface area (Å²) in [6, 6.07) is -2.71. The number of nitrogens with zero attached hydrogens (tertiary/aromatic N) is 1. The molecule has 0 aromatic carbocycles. The fraction of sp³-hybridized carbons (Fsp3) is 1.00. The van der Waals surface area contributed by atoms with Crippen LogP contribution in [0.1, 0.15) is 66.6 Å². The molecule has 1 unspecified atom stereocenters. The number of hydrogen-bond acceptors (Lipinski definition) is 1. The van der Waals surface area contributed by atoms with Crippen molar-refractivity contribution in [2.75, 3.05) is 6.50 Å². The van der Waals surface area contributed by atoms with Gasteiger partial charge in [-0.3, -0.25) is 4.90 Å². The van der Waals surface area contributed by atoms with Crippen molar-refractivity contribution in [1.82, 2.24) is 4.90 Å². The van der Waals surface area contributed by atoms with Crippen molar-refractivity contribution in [3.8, 4) is 0 Å². The van der Waals surface area contributed by atoms with Crippen LogP contribution in [-0.2, 0) is 0 Å². The Morgan fingerprint density at radius 2 is 1.73 bits per heavy atom. The molecule has 1 saturated carbocycles. The molecule has 1 saturated heterocycles. The third kappa shape index (κ3) is 1.95. The van der Waals surface area contributed by atoms with Gasteiger partial charge in [0.25, 0.3) is 0 Å². The first-order valence-corrected chi connectivity index (χ1v) is 5.42. The maximum absolute atomic E-state index is 8.86. The van der Waals surface area contributed by atoms with Gasteiger partial charge in [-0.2, -0.15) is 0 Å². The normalized spacial score (nSPS) is 71.2. The predicted octanol–water partition coefficient (Wildman–Crippen LogP) is 3.54. The summed E-state index contributed by atoms with van der Waals surface area (Å²) >= 11 is 0. The fourth-order valence-electron chi connectivity index (χ4n) is 1.82. The van der Waals surface area contributed by atoms with Crippen molar-refractivity contribution in [3.63, 3.8) is 0 Å². The van der Waals surface area contributed by atoms with Gasteiger partial charge in [0.1, 0.15) is 0 Å². The molecule has 0 spiro atoms. The monoisotopic (exact) mass is 218 g/mol. The zero-order valence-corrected chi connectivity index (χ0v) is 10.4. The van der Waals surface area contributed by atoms with Gasteiger partial charge in [0, 0.05) is 30.4 Å². The van der Waals surface area contributed by atoms with Gasteiger partial charge in [0.2, 0.25) is 0 Å². The Bertz CT molecular complexity index is 576. The first-order chi connectivity index (χ1) is 10.1. The minimum atomic E-state index is -2.89. The second-order valence-corrected chi connectivity index (χ2v) is 6.22. The Hall–Kier alpha value is -0.0400. The molecular weight excluding hydrogens is 182 g/mol. The van der Waals surface area contributed by atoms with Gasteiger partial charge in [0.15, 0.2) is 0 Å². The molecule has 88 valence electrons. The van der Waals surface area contributed by atoms with Crippen molar-refractivity contribution >= 4 is 0 Å². The van der Waals surface area contributed by atoms with Gasteiger partial charge in [-0.15, -0.1) is 0 Å². The molecule has 1 aliphatic carbocycles. The molecule has 1 heteroatoms. The third-order valence-corrected chi connectivity index (χ3v) is 2.60. The van der Waals surface area contributed by atoms with Gasteiger partial charge < -0.3 is 0 Å². The first kappa shape index (κ1) is 4.68. The summed E-state index contributed by atoms with van der Waals surface area (Å²) in [4.78, 5) is 0.832. The molecular formula is C14H27N. The average molecular weight is 218 g/mol. The average Bonchev–Trinajstić information content (AvgIpc) is 2.43. The molecule has 0 radical (unpaired) electrons. The first-order valence-electron chi connectivity index (χ1n) is 9.92. The van der Waals surface area contributed by atoms with E-state index in [0.717, 1.165) is 4.90 Å². The van der Waals surface area contributed by atoms with Crippen molar-refractivity contribution in [1.29, 1.82) is 0 Å². The molecule has 2 aliphatic rings. The van der Waals surface area contributed by atoms with Crippen LogP contribution in [0.15, 0.2) is 0 Å². The zero-order valence-electron chi connectivity index (χ0n) is 19.4. The van der Waals surface area contributed by atoms with Crippen LogP contribution in [0.4, 0.5) is 0 Å². The number of likely N-dealkylation sites (tertiary alicyclic amines) is 1. The number of rotatable bonds is 0. The van der Waals surface area contributed by atoms with E-state index in [1.54, 1.807) is 20.8 Å². The molecule has 2 fully saturated rings. The van der Waals surface area contributed by atoms with Crippen LogP contribution in [0, 0.1) is 17.2 Å². The lowest BCUT2D eigenvalue weighted by molar-refractivity contribution is 0.0462. The molecule has 1 aliphatic heterocycles. The van der Waals surface area contributed by atoms with Gasteiger partial charge in [-0.05, 0) is 50.7 Å². The Balaban J connectivity index is 3.04. The van der Waals surface area contributed by atoms with E-state index in [1.165, 1.54) is 20.8 Å². The largest absolute Gasteiger partial charge is 0.295 e. The lowest BCUT2D eigenvalue weighted by Gasteiger charge is -2.44. The molecule has 3 atom stereocenters. The fourth-order valence-corrected chi connectivity index (χ4v) is 1.82. The van der Waals surface area contributed by atoms with Gasteiger partial charge in [-0.1, -0.05) is 20.8 Å². The summed E-state index contributed by atoms with van der Waals surface area (Å²) in [6.45, 7) is 6.53. The smallest absolute Gasteiger partial charge is 0.0468 e. The van der Waals surface area contributed by atoms with E-state index in [4.69, 9.17) is 12.3 Å². The SMILES string of the molecule is [2H]C1([2H])C([2H])(C(C)(C)C)[C@]2([2H])C([2H])([2H])N(C(C)(C)C)[C@@]1([2H])C2([2H])[2H]. The molecule has 0 aromatic heterocycles. The predicted molar refractivity (Wildman–Crippen MR) is 65.9 cm³/mol. The number of piperidine rings is 1.